The van der Waals surface area contributed by atoms with Gasteiger partial charge in [-0.15, -0.1) is 0 Å². The van der Waals surface area contributed by atoms with E-state index in [0.29, 0.717) is 24.4 Å². The van der Waals surface area contributed by atoms with Crippen molar-refractivity contribution in [2.75, 3.05) is 38.8 Å². The maximum atomic E-state index is 12.9. The number of anilines is 1. The predicted molar refractivity (Wildman–Crippen MR) is 85.1 cm³/mol. The summed E-state index contributed by atoms with van der Waals surface area (Å²) in [4.78, 5) is 38.1. The number of carboxylic acid groups (broad SMARTS) is 1. The fourth-order valence-electron chi connectivity index (χ4n) is 2.68. The second-order valence-corrected chi connectivity index (χ2v) is 5.39. The third kappa shape index (κ3) is 3.76. The number of carbonyl (C=O) groups excluding carboxylic acids is 2. The third-order valence-corrected chi connectivity index (χ3v) is 3.96. The fraction of sp³-hybridized carbons (Fsp3) is 0.438. The first kappa shape index (κ1) is 17.6. The highest BCUT2D eigenvalue weighted by molar-refractivity contribution is 6.00. The summed E-state index contributed by atoms with van der Waals surface area (Å²) in [6.45, 7) is 0.143. The van der Waals surface area contributed by atoms with Gasteiger partial charge in [-0.1, -0.05) is 12.1 Å². The van der Waals surface area contributed by atoms with Gasteiger partial charge in [0, 0.05) is 13.1 Å². The van der Waals surface area contributed by atoms with Crippen LogP contribution < -0.4 is 9.64 Å². The van der Waals surface area contributed by atoms with Crippen molar-refractivity contribution < 1.29 is 29.0 Å². The van der Waals surface area contributed by atoms with Crippen molar-refractivity contribution in [3.05, 3.63) is 24.3 Å². The Balaban J connectivity index is 2.27. The number of hydrogen-bond acceptors (Lipinski definition) is 5. The standard InChI is InChI=1S/C16H20N2O6/c1-23-13-6-4-3-5-12(13)18(10-14(19)24-2)15(20)11-7-8-17(9-11)16(21)22/h3-6,11H,7-10H2,1-2H3,(H,21,22)/t11-/m0/s1. The Morgan fingerprint density at radius 3 is 2.58 bits per heavy atom. The molecule has 8 heteroatoms. The summed E-state index contributed by atoms with van der Waals surface area (Å²) in [6, 6.07) is 6.84. The molecule has 1 fully saturated rings. The van der Waals surface area contributed by atoms with Crippen LogP contribution in [-0.2, 0) is 14.3 Å². The molecule has 0 bridgehead atoms. The van der Waals surface area contributed by atoms with Crippen LogP contribution in [0.1, 0.15) is 6.42 Å². The lowest BCUT2D eigenvalue weighted by atomic mass is 10.1. The lowest BCUT2D eigenvalue weighted by Gasteiger charge is -2.26. The average Bonchev–Trinajstić information content (AvgIpc) is 3.09. The minimum Gasteiger partial charge on any atom is -0.495 e. The smallest absolute Gasteiger partial charge is 0.407 e. The molecule has 24 heavy (non-hydrogen) atoms. The van der Waals surface area contributed by atoms with E-state index in [1.807, 2.05) is 0 Å². The maximum Gasteiger partial charge on any atom is 0.407 e. The minimum absolute atomic E-state index is 0.112. The second-order valence-electron chi connectivity index (χ2n) is 5.39. The van der Waals surface area contributed by atoms with Crippen LogP contribution in [0.5, 0.6) is 5.75 Å². The quantitative estimate of drug-likeness (QED) is 0.812. The molecule has 0 aliphatic carbocycles. The number of esters is 1. The largest absolute Gasteiger partial charge is 0.495 e. The van der Waals surface area contributed by atoms with Gasteiger partial charge in [0.25, 0.3) is 0 Å². The molecule has 8 nitrogen and oxygen atoms in total. The van der Waals surface area contributed by atoms with Gasteiger partial charge in [-0.3, -0.25) is 14.5 Å². The third-order valence-electron chi connectivity index (χ3n) is 3.96. The first-order valence-electron chi connectivity index (χ1n) is 7.47. The highest BCUT2D eigenvalue weighted by atomic mass is 16.5. The summed E-state index contributed by atoms with van der Waals surface area (Å²) in [5.74, 6) is -0.950. The van der Waals surface area contributed by atoms with Crippen LogP contribution in [0.4, 0.5) is 10.5 Å². The van der Waals surface area contributed by atoms with Gasteiger partial charge in [-0.2, -0.15) is 0 Å². The maximum absolute atomic E-state index is 12.9. The summed E-state index contributed by atoms with van der Waals surface area (Å²) < 4.78 is 9.93. The zero-order valence-electron chi connectivity index (χ0n) is 13.6. The Morgan fingerprint density at radius 2 is 2.00 bits per heavy atom. The lowest BCUT2D eigenvalue weighted by molar-refractivity contribution is -0.140. The molecule has 1 saturated heterocycles. The molecule has 0 aromatic heterocycles. The number of benzene rings is 1. The number of amides is 2. The van der Waals surface area contributed by atoms with Crippen molar-refractivity contribution in [2.24, 2.45) is 5.92 Å². The number of likely N-dealkylation sites (tertiary alicyclic amines) is 1. The fourth-order valence-corrected chi connectivity index (χ4v) is 2.68. The minimum atomic E-state index is -1.05. The van der Waals surface area contributed by atoms with E-state index in [9.17, 15) is 14.4 Å². The van der Waals surface area contributed by atoms with Crippen LogP contribution in [0.2, 0.25) is 0 Å². The first-order chi connectivity index (χ1) is 11.5. The van der Waals surface area contributed by atoms with E-state index >= 15 is 0 Å². The van der Waals surface area contributed by atoms with Gasteiger partial charge < -0.3 is 19.5 Å². The SMILES string of the molecule is COC(=O)CN(C(=O)[C@H]1CCN(C(=O)O)C1)c1ccccc1OC. The summed E-state index contributed by atoms with van der Waals surface area (Å²) in [5.41, 5.74) is 0.448. The molecule has 2 rings (SSSR count). The Hall–Kier alpha value is -2.77. The van der Waals surface area contributed by atoms with Crippen molar-refractivity contribution >= 4 is 23.7 Å². The number of ether oxygens (including phenoxy) is 2. The molecule has 1 aliphatic heterocycles. The molecule has 0 saturated carbocycles. The lowest BCUT2D eigenvalue weighted by Crippen LogP contribution is -2.41. The zero-order valence-corrected chi connectivity index (χ0v) is 13.6. The predicted octanol–water partition coefficient (Wildman–Crippen LogP) is 1.20. The van der Waals surface area contributed by atoms with Crippen LogP contribution >= 0.6 is 0 Å². The zero-order chi connectivity index (χ0) is 17.7. The molecule has 1 heterocycles. The normalized spacial score (nSPS) is 16.6. The van der Waals surface area contributed by atoms with Gasteiger partial charge in [0.2, 0.25) is 5.91 Å². The van der Waals surface area contributed by atoms with E-state index in [0.717, 1.165) is 0 Å². The molecule has 2 amide bonds. The Labute approximate surface area is 139 Å². The van der Waals surface area contributed by atoms with E-state index in [-0.39, 0.29) is 19.0 Å². The molecule has 1 aromatic carbocycles. The van der Waals surface area contributed by atoms with Crippen molar-refractivity contribution in [3.63, 3.8) is 0 Å². The Morgan fingerprint density at radius 1 is 1.29 bits per heavy atom. The van der Waals surface area contributed by atoms with Gasteiger partial charge in [0.05, 0.1) is 25.8 Å². The Kier molecular flexibility index (Phi) is 5.62. The first-order valence-corrected chi connectivity index (χ1v) is 7.47. The molecular weight excluding hydrogens is 316 g/mol. The van der Waals surface area contributed by atoms with Gasteiger partial charge >= 0.3 is 12.1 Å². The molecule has 130 valence electrons. The van der Waals surface area contributed by atoms with Crippen LogP contribution in [0.3, 0.4) is 0 Å². The number of hydrogen-bond donors (Lipinski definition) is 1. The summed E-state index contributed by atoms with van der Waals surface area (Å²) in [6.07, 6.45) is -0.639. The van der Waals surface area contributed by atoms with E-state index in [2.05, 4.69) is 4.74 Å². The van der Waals surface area contributed by atoms with Crippen molar-refractivity contribution in [2.45, 2.75) is 6.42 Å². The average molecular weight is 336 g/mol. The van der Waals surface area contributed by atoms with Crippen molar-refractivity contribution in [1.82, 2.24) is 4.90 Å². The topological polar surface area (TPSA) is 96.4 Å². The van der Waals surface area contributed by atoms with Gasteiger partial charge in [0.15, 0.2) is 0 Å². The Bertz CT molecular complexity index is 633. The molecule has 0 unspecified atom stereocenters. The van der Waals surface area contributed by atoms with E-state index in [1.165, 1.54) is 24.0 Å². The number of rotatable bonds is 5. The van der Waals surface area contributed by atoms with E-state index in [1.54, 1.807) is 24.3 Å². The summed E-state index contributed by atoms with van der Waals surface area (Å²) in [7, 11) is 2.72. The highest BCUT2D eigenvalue weighted by Gasteiger charge is 2.35. The van der Waals surface area contributed by atoms with Crippen LogP contribution in [0, 0.1) is 5.92 Å². The molecule has 0 spiro atoms. The molecular formula is C16H20N2O6. The van der Waals surface area contributed by atoms with Crippen molar-refractivity contribution in [3.8, 4) is 5.75 Å². The summed E-state index contributed by atoms with van der Waals surface area (Å²) in [5, 5.41) is 9.04. The van der Waals surface area contributed by atoms with E-state index in [4.69, 9.17) is 9.84 Å². The number of para-hydroxylation sites is 2. The van der Waals surface area contributed by atoms with Gasteiger partial charge in [-0.25, -0.2) is 4.79 Å². The number of nitrogens with zero attached hydrogens (tertiary/aromatic N) is 2. The molecule has 1 N–H and O–H groups in total. The van der Waals surface area contributed by atoms with E-state index < -0.39 is 18.0 Å². The highest BCUT2D eigenvalue weighted by Crippen LogP contribution is 2.30. The van der Waals surface area contributed by atoms with Crippen LogP contribution in [0.15, 0.2) is 24.3 Å². The monoisotopic (exact) mass is 336 g/mol. The molecule has 0 radical (unpaired) electrons. The number of carbonyl (C=O) groups is 3. The molecule has 1 aliphatic rings. The van der Waals surface area contributed by atoms with Gasteiger partial charge in [0.1, 0.15) is 12.3 Å². The van der Waals surface area contributed by atoms with Crippen LogP contribution in [0.25, 0.3) is 0 Å². The van der Waals surface area contributed by atoms with Gasteiger partial charge in [-0.05, 0) is 18.6 Å². The second kappa shape index (κ2) is 7.67. The molecule has 1 atom stereocenters. The van der Waals surface area contributed by atoms with Crippen molar-refractivity contribution in [1.29, 1.82) is 0 Å². The molecule has 1 aromatic rings. The van der Waals surface area contributed by atoms with Crippen LogP contribution in [-0.4, -0.2) is 61.8 Å². The number of methoxy groups -OCH3 is 2. The summed E-state index contributed by atoms with van der Waals surface area (Å²) >= 11 is 0.